The highest BCUT2D eigenvalue weighted by atomic mass is 16.5. The number of carbonyl (C=O) groups is 4. The zero-order valence-electron chi connectivity index (χ0n) is 42.9. The van der Waals surface area contributed by atoms with Gasteiger partial charge in [-0.1, -0.05) is 62.4 Å². The molecule has 12 heteroatoms. The van der Waals surface area contributed by atoms with Gasteiger partial charge in [0.05, 0.1) is 33.2 Å². The predicted octanol–water partition coefficient (Wildman–Crippen LogP) is 10.2. The number of aliphatic carboxylic acids is 1. The summed E-state index contributed by atoms with van der Waals surface area (Å²) >= 11 is 0. The Morgan fingerprint density at radius 3 is 1.31 bits per heavy atom. The average molecular weight is 959 g/mol. The molecule has 4 unspecified atom stereocenters. The van der Waals surface area contributed by atoms with Gasteiger partial charge in [-0.15, -0.1) is 0 Å². The van der Waals surface area contributed by atoms with Crippen LogP contribution >= 0.6 is 0 Å². The highest BCUT2D eigenvalue weighted by molar-refractivity contribution is 5.95. The smallest absolute Gasteiger partial charge is 0.309 e. The summed E-state index contributed by atoms with van der Waals surface area (Å²) in [6.45, 7) is 18.1. The lowest BCUT2D eigenvalue weighted by Gasteiger charge is -2.31. The third kappa shape index (κ3) is 11.3. The number of aromatic nitrogens is 2. The van der Waals surface area contributed by atoms with Crippen LogP contribution < -0.4 is 9.47 Å². The van der Waals surface area contributed by atoms with Crippen molar-refractivity contribution in [1.29, 1.82) is 0 Å². The van der Waals surface area contributed by atoms with Gasteiger partial charge in [0.2, 0.25) is 11.8 Å². The number of aryl methyl sites for hydroxylation is 6. The number of nitrogens with zero attached hydrogens (tertiary/aromatic N) is 4. The molecule has 4 heterocycles. The molecular weight excluding hydrogens is 893 g/mol. The van der Waals surface area contributed by atoms with Crippen LogP contribution in [0.4, 0.5) is 0 Å². The Bertz CT molecular complexity index is 2980. The largest absolute Gasteiger partial charge is 0.481 e. The summed E-state index contributed by atoms with van der Waals surface area (Å²) in [7, 11) is 4.57. The van der Waals surface area contributed by atoms with Crippen molar-refractivity contribution in [2.24, 2.45) is 11.8 Å². The molecule has 4 aromatic carbocycles. The first-order valence-electron chi connectivity index (χ1n) is 24.2. The maximum absolute atomic E-state index is 13.3. The number of pyridine rings is 2. The lowest BCUT2D eigenvalue weighted by molar-refractivity contribution is -0.145. The van der Waals surface area contributed by atoms with Gasteiger partial charge in [0.25, 0.3) is 11.8 Å². The van der Waals surface area contributed by atoms with E-state index >= 15 is 0 Å². The van der Waals surface area contributed by atoms with Crippen molar-refractivity contribution >= 4 is 23.8 Å². The van der Waals surface area contributed by atoms with E-state index in [9.17, 15) is 24.3 Å². The maximum atomic E-state index is 13.3. The third-order valence-electron chi connectivity index (χ3n) is 14.6. The van der Waals surface area contributed by atoms with Crippen LogP contribution in [0.1, 0.15) is 124 Å². The van der Waals surface area contributed by atoms with Crippen LogP contribution in [0.2, 0.25) is 0 Å². The summed E-state index contributed by atoms with van der Waals surface area (Å²) < 4.78 is 15.6. The Kier molecular flexibility index (Phi) is 16.1. The average Bonchev–Trinajstić information content (AvgIpc) is 3.37. The molecule has 2 amide bonds. The SMILES string of the molecule is COC(=O)C(C)C(c1ccc2c(c1)CN(C(=O)c1ccc(C)c(C)c1)CC2)c1cnc(OC)cc1C.COc1cc(C)c(C(c2ccc3c(c2)CN(C(=O)c2ccc(C)c(C)c2)CC3)C(C)C(=O)O)cn1. The first-order chi connectivity index (χ1) is 33.9. The Balaban J connectivity index is 0.000000209. The number of hydrogen-bond donors (Lipinski definition) is 1. The van der Waals surface area contributed by atoms with Crippen LogP contribution in [0.15, 0.2) is 97.3 Å². The Morgan fingerprint density at radius 2 is 0.944 bits per heavy atom. The molecule has 0 saturated heterocycles. The van der Waals surface area contributed by atoms with E-state index in [1.807, 2.05) is 113 Å². The molecule has 8 rings (SSSR count). The fraction of sp³-hybridized carbons (Fsp3) is 0.356. The normalized spacial score (nSPS) is 14.6. The van der Waals surface area contributed by atoms with Gasteiger partial charge < -0.3 is 29.1 Å². The van der Waals surface area contributed by atoms with Crippen molar-refractivity contribution in [3.05, 3.63) is 186 Å². The molecule has 0 radical (unpaired) electrons. The van der Waals surface area contributed by atoms with Gasteiger partial charge in [-0.25, -0.2) is 9.97 Å². The molecule has 4 atom stereocenters. The Labute approximate surface area is 418 Å². The number of carboxylic acids is 1. The third-order valence-corrected chi connectivity index (χ3v) is 14.6. The second-order valence-corrected chi connectivity index (χ2v) is 19.2. The van der Waals surface area contributed by atoms with E-state index in [2.05, 4.69) is 40.3 Å². The van der Waals surface area contributed by atoms with Crippen molar-refractivity contribution in [1.82, 2.24) is 19.8 Å². The standard InChI is InChI=1S/C30H34N2O4.C29H32N2O4/c1-18-7-8-24(13-19(18)2)29(33)32-12-11-22-9-10-23(15-25(22)17-32)28(21(4)30(34)36-6)26-16-31-27(35-5)14-20(26)3;1-17-6-7-23(12-18(17)2)28(32)31-11-10-21-8-9-22(14-24(21)16-31)27(20(4)29(33)34)25-15-30-26(35-5)13-19(25)3/h7-10,13-16,21,28H,11-12,17H2,1-6H3;6-9,12-15,20,27H,10-11,16H2,1-5H3,(H,33,34). The number of rotatable bonds is 12. The van der Waals surface area contributed by atoms with Gasteiger partial charge in [0.1, 0.15) is 0 Å². The van der Waals surface area contributed by atoms with Gasteiger partial charge in [-0.3, -0.25) is 19.2 Å². The summed E-state index contributed by atoms with van der Waals surface area (Å²) in [5.41, 5.74) is 16.2. The summed E-state index contributed by atoms with van der Waals surface area (Å²) in [6, 6.07) is 28.0. The molecule has 71 heavy (non-hydrogen) atoms. The van der Waals surface area contributed by atoms with Crippen molar-refractivity contribution in [2.75, 3.05) is 34.4 Å². The van der Waals surface area contributed by atoms with E-state index in [0.29, 0.717) is 43.5 Å². The lowest BCUT2D eigenvalue weighted by atomic mass is 9.79. The summed E-state index contributed by atoms with van der Waals surface area (Å²) in [5.74, 6) is -1.73. The number of ether oxygens (including phenoxy) is 3. The zero-order valence-corrected chi connectivity index (χ0v) is 42.9. The van der Waals surface area contributed by atoms with Crippen LogP contribution in [-0.2, 0) is 40.3 Å². The molecule has 0 aliphatic carbocycles. The number of hydrogen-bond acceptors (Lipinski definition) is 9. The van der Waals surface area contributed by atoms with E-state index in [-0.39, 0.29) is 29.6 Å². The minimum atomic E-state index is -0.866. The fourth-order valence-electron chi connectivity index (χ4n) is 9.90. The number of methoxy groups -OCH3 is 3. The quantitative estimate of drug-likeness (QED) is 0.118. The van der Waals surface area contributed by atoms with Crippen LogP contribution in [0.5, 0.6) is 11.8 Å². The number of carboxylic acid groups (broad SMARTS) is 1. The fourth-order valence-corrected chi connectivity index (χ4v) is 9.90. The van der Waals surface area contributed by atoms with E-state index in [1.54, 1.807) is 33.5 Å². The minimum Gasteiger partial charge on any atom is -0.481 e. The van der Waals surface area contributed by atoms with E-state index in [1.165, 1.54) is 23.8 Å². The van der Waals surface area contributed by atoms with Crippen LogP contribution in [-0.4, -0.2) is 83.0 Å². The topological polar surface area (TPSA) is 148 Å². The molecule has 0 fully saturated rings. The molecule has 2 aromatic heterocycles. The maximum Gasteiger partial charge on any atom is 0.309 e. The molecule has 1 N–H and O–H groups in total. The number of amides is 2. The highest BCUT2D eigenvalue weighted by Gasteiger charge is 2.33. The van der Waals surface area contributed by atoms with Gasteiger partial charge in [-0.2, -0.15) is 0 Å². The molecule has 0 bridgehead atoms. The van der Waals surface area contributed by atoms with Crippen molar-refractivity contribution < 1.29 is 38.5 Å². The zero-order chi connectivity index (χ0) is 51.3. The van der Waals surface area contributed by atoms with Gasteiger partial charge in [0, 0.05) is 73.7 Å². The van der Waals surface area contributed by atoms with Gasteiger partial charge in [-0.05, 0) is 157 Å². The van der Waals surface area contributed by atoms with Crippen molar-refractivity contribution in [3.8, 4) is 11.8 Å². The molecule has 0 spiro atoms. The summed E-state index contributed by atoms with van der Waals surface area (Å²) in [6.07, 6.45) is 5.07. The Hall–Kier alpha value is -7.34. The number of benzene rings is 4. The highest BCUT2D eigenvalue weighted by Crippen LogP contribution is 2.39. The van der Waals surface area contributed by atoms with E-state index in [4.69, 9.17) is 14.2 Å². The molecule has 12 nitrogen and oxygen atoms in total. The number of fused-ring (bicyclic) bond motifs is 2. The van der Waals surface area contributed by atoms with E-state index < -0.39 is 17.8 Å². The monoisotopic (exact) mass is 958 g/mol. The van der Waals surface area contributed by atoms with Crippen LogP contribution in [0, 0.1) is 53.4 Å². The van der Waals surface area contributed by atoms with Gasteiger partial charge in [0.15, 0.2) is 0 Å². The number of carbonyl (C=O) groups excluding carboxylic acids is 3. The van der Waals surface area contributed by atoms with Crippen LogP contribution in [0.3, 0.4) is 0 Å². The minimum absolute atomic E-state index is 0.0230. The van der Waals surface area contributed by atoms with Gasteiger partial charge >= 0.3 is 11.9 Å². The second kappa shape index (κ2) is 22.2. The van der Waals surface area contributed by atoms with Crippen molar-refractivity contribution in [2.45, 2.75) is 93.2 Å². The molecule has 0 saturated carbocycles. The van der Waals surface area contributed by atoms with E-state index in [0.717, 1.165) is 79.6 Å². The second-order valence-electron chi connectivity index (χ2n) is 19.2. The summed E-state index contributed by atoms with van der Waals surface area (Å²) in [4.78, 5) is 63.8. The molecule has 6 aromatic rings. The number of esters is 1. The first kappa shape index (κ1) is 51.5. The van der Waals surface area contributed by atoms with Crippen LogP contribution in [0.25, 0.3) is 0 Å². The lowest BCUT2D eigenvalue weighted by Crippen LogP contribution is -2.36. The molecular formula is C59H66N4O8. The summed E-state index contributed by atoms with van der Waals surface area (Å²) in [5, 5.41) is 9.89. The molecule has 2 aliphatic rings. The first-order valence-corrected chi connectivity index (χ1v) is 24.2. The molecule has 370 valence electrons. The predicted molar refractivity (Wildman–Crippen MR) is 274 cm³/mol. The van der Waals surface area contributed by atoms with Crippen molar-refractivity contribution in [3.63, 3.8) is 0 Å². The molecule has 2 aliphatic heterocycles. The Morgan fingerprint density at radius 1 is 0.521 bits per heavy atom.